The highest BCUT2D eigenvalue weighted by atomic mass is 15.6. The second-order valence-electron chi connectivity index (χ2n) is 5.12. The van der Waals surface area contributed by atoms with Gasteiger partial charge in [0.2, 0.25) is 0 Å². The molecule has 1 unspecified atom stereocenters. The Labute approximate surface area is 131 Å². The molecular weight excluding hydrogens is 292 g/mol. The van der Waals surface area contributed by atoms with Gasteiger partial charge in [-0.05, 0) is 47.2 Å². The molecule has 1 aromatic carbocycles. The fourth-order valence-electron chi connectivity index (χ4n) is 2.50. The highest BCUT2D eigenvalue weighted by Gasteiger charge is 2.13. The fourth-order valence-corrected chi connectivity index (χ4v) is 2.50. The molecule has 0 aliphatic carbocycles. The standard InChI is InChI=1S/C15H14N8/c1-11(17-14-7-8-15-18-20-21-23(15)19-14)12-5-2-3-6-13(12)22-10-4-9-16-22/h2-11H,1H3,(H,17,19). The molecule has 1 N–H and O–H groups in total. The first kappa shape index (κ1) is 13.4. The lowest BCUT2D eigenvalue weighted by molar-refractivity contribution is 0.726. The van der Waals surface area contributed by atoms with Crippen LogP contribution in [0.25, 0.3) is 11.3 Å². The summed E-state index contributed by atoms with van der Waals surface area (Å²) in [5.74, 6) is 0.701. The summed E-state index contributed by atoms with van der Waals surface area (Å²) in [7, 11) is 0. The third-order valence-electron chi connectivity index (χ3n) is 3.59. The number of rotatable bonds is 4. The maximum Gasteiger partial charge on any atom is 0.200 e. The topological polar surface area (TPSA) is 85.8 Å². The average molecular weight is 306 g/mol. The zero-order valence-electron chi connectivity index (χ0n) is 12.4. The van der Waals surface area contributed by atoms with Gasteiger partial charge in [0.1, 0.15) is 5.82 Å². The maximum atomic E-state index is 4.34. The Morgan fingerprint density at radius 3 is 2.87 bits per heavy atom. The molecule has 0 bridgehead atoms. The summed E-state index contributed by atoms with van der Waals surface area (Å²) >= 11 is 0. The third-order valence-corrected chi connectivity index (χ3v) is 3.59. The first-order valence-corrected chi connectivity index (χ1v) is 7.22. The van der Waals surface area contributed by atoms with Crippen LogP contribution in [0, 0.1) is 0 Å². The molecule has 8 nitrogen and oxygen atoms in total. The summed E-state index contributed by atoms with van der Waals surface area (Å²) in [4.78, 5) is 0. The van der Waals surface area contributed by atoms with E-state index in [4.69, 9.17) is 0 Å². The monoisotopic (exact) mass is 306 g/mol. The van der Waals surface area contributed by atoms with Crippen LogP contribution in [0.15, 0.2) is 54.9 Å². The van der Waals surface area contributed by atoms with Crippen LogP contribution in [0.5, 0.6) is 0 Å². The van der Waals surface area contributed by atoms with Crippen molar-refractivity contribution in [3.05, 3.63) is 60.4 Å². The molecule has 0 aliphatic heterocycles. The van der Waals surface area contributed by atoms with Gasteiger partial charge in [0, 0.05) is 12.4 Å². The number of benzene rings is 1. The molecule has 0 amide bonds. The molecule has 114 valence electrons. The van der Waals surface area contributed by atoms with Crippen LogP contribution in [0.2, 0.25) is 0 Å². The zero-order chi connectivity index (χ0) is 15.6. The fraction of sp³-hybridized carbons (Fsp3) is 0.133. The van der Waals surface area contributed by atoms with E-state index in [1.54, 1.807) is 6.20 Å². The molecule has 0 aliphatic rings. The summed E-state index contributed by atoms with van der Waals surface area (Å²) in [6.45, 7) is 2.08. The van der Waals surface area contributed by atoms with E-state index in [1.165, 1.54) is 4.63 Å². The Bertz CT molecular complexity index is 927. The lowest BCUT2D eigenvalue weighted by Gasteiger charge is -2.18. The molecule has 4 aromatic rings. The first-order valence-electron chi connectivity index (χ1n) is 7.22. The predicted octanol–water partition coefficient (Wildman–Crippen LogP) is 1.88. The number of para-hydroxylation sites is 1. The molecule has 8 heteroatoms. The van der Waals surface area contributed by atoms with Crippen molar-refractivity contribution in [3.63, 3.8) is 0 Å². The number of fused-ring (bicyclic) bond motifs is 1. The number of nitrogens with zero attached hydrogens (tertiary/aromatic N) is 7. The molecule has 0 saturated carbocycles. The lowest BCUT2D eigenvalue weighted by atomic mass is 10.1. The Morgan fingerprint density at radius 2 is 2.00 bits per heavy atom. The Kier molecular flexibility index (Phi) is 3.19. The molecule has 1 atom stereocenters. The first-order chi connectivity index (χ1) is 11.3. The molecule has 23 heavy (non-hydrogen) atoms. The Morgan fingerprint density at radius 1 is 1.09 bits per heavy atom. The van der Waals surface area contributed by atoms with Gasteiger partial charge in [0.15, 0.2) is 5.65 Å². The third kappa shape index (κ3) is 2.50. The van der Waals surface area contributed by atoms with E-state index in [-0.39, 0.29) is 6.04 Å². The summed E-state index contributed by atoms with van der Waals surface area (Å²) in [6.07, 6.45) is 3.69. The van der Waals surface area contributed by atoms with Crippen LogP contribution in [-0.4, -0.2) is 35.0 Å². The normalized spacial score (nSPS) is 12.4. The van der Waals surface area contributed by atoms with Crippen molar-refractivity contribution in [2.75, 3.05) is 5.32 Å². The van der Waals surface area contributed by atoms with Gasteiger partial charge in [0.25, 0.3) is 0 Å². The second-order valence-corrected chi connectivity index (χ2v) is 5.12. The summed E-state index contributed by atoms with van der Waals surface area (Å²) < 4.78 is 3.25. The summed E-state index contributed by atoms with van der Waals surface area (Å²) in [6, 6.07) is 13.7. The van der Waals surface area contributed by atoms with Crippen molar-refractivity contribution in [1.29, 1.82) is 0 Å². The number of tetrazole rings is 1. The number of hydrogen-bond donors (Lipinski definition) is 1. The van der Waals surface area contributed by atoms with E-state index in [0.29, 0.717) is 11.5 Å². The van der Waals surface area contributed by atoms with Gasteiger partial charge in [-0.1, -0.05) is 18.2 Å². The maximum absolute atomic E-state index is 4.34. The van der Waals surface area contributed by atoms with Crippen molar-refractivity contribution in [3.8, 4) is 5.69 Å². The average Bonchev–Trinajstić information content (AvgIpc) is 3.26. The van der Waals surface area contributed by atoms with Crippen LogP contribution in [0.4, 0.5) is 5.82 Å². The van der Waals surface area contributed by atoms with Gasteiger partial charge in [-0.25, -0.2) is 4.68 Å². The zero-order valence-corrected chi connectivity index (χ0v) is 12.4. The van der Waals surface area contributed by atoms with Crippen molar-refractivity contribution >= 4 is 11.5 Å². The van der Waals surface area contributed by atoms with Gasteiger partial charge < -0.3 is 5.32 Å². The van der Waals surface area contributed by atoms with E-state index in [2.05, 4.69) is 44.0 Å². The predicted molar refractivity (Wildman–Crippen MR) is 84.2 cm³/mol. The van der Waals surface area contributed by atoms with Gasteiger partial charge >= 0.3 is 0 Å². The quantitative estimate of drug-likeness (QED) is 0.619. The number of hydrogen-bond acceptors (Lipinski definition) is 6. The Hall–Kier alpha value is -3.29. The molecule has 0 fully saturated rings. The number of aromatic nitrogens is 7. The minimum atomic E-state index is 0.0387. The number of nitrogens with one attached hydrogen (secondary N) is 1. The van der Waals surface area contributed by atoms with E-state index in [0.717, 1.165) is 11.3 Å². The van der Waals surface area contributed by atoms with Gasteiger partial charge in [-0.2, -0.15) is 5.10 Å². The SMILES string of the molecule is CC(Nc1ccc2nnnn2n1)c1ccccc1-n1cccn1. The van der Waals surface area contributed by atoms with Crippen LogP contribution < -0.4 is 5.32 Å². The van der Waals surface area contributed by atoms with Crippen LogP contribution >= 0.6 is 0 Å². The second kappa shape index (κ2) is 5.48. The molecule has 3 heterocycles. The molecule has 4 rings (SSSR count). The molecular formula is C15H14N8. The van der Waals surface area contributed by atoms with E-state index >= 15 is 0 Å². The number of anilines is 1. The van der Waals surface area contributed by atoms with Crippen LogP contribution in [0.3, 0.4) is 0 Å². The largest absolute Gasteiger partial charge is 0.362 e. The smallest absolute Gasteiger partial charge is 0.200 e. The summed E-state index contributed by atoms with van der Waals surface area (Å²) in [5, 5.41) is 23.3. The van der Waals surface area contributed by atoms with E-state index in [1.807, 2.05) is 47.3 Å². The van der Waals surface area contributed by atoms with Crippen molar-refractivity contribution in [2.45, 2.75) is 13.0 Å². The minimum absolute atomic E-state index is 0.0387. The van der Waals surface area contributed by atoms with Crippen LogP contribution in [-0.2, 0) is 0 Å². The van der Waals surface area contributed by atoms with Crippen molar-refractivity contribution < 1.29 is 0 Å². The lowest BCUT2D eigenvalue weighted by Crippen LogP contribution is -2.12. The highest BCUT2D eigenvalue weighted by Crippen LogP contribution is 2.23. The van der Waals surface area contributed by atoms with Gasteiger partial charge in [-0.3, -0.25) is 0 Å². The van der Waals surface area contributed by atoms with Crippen molar-refractivity contribution in [1.82, 2.24) is 35.0 Å². The van der Waals surface area contributed by atoms with Crippen LogP contribution in [0.1, 0.15) is 18.5 Å². The van der Waals surface area contributed by atoms with Gasteiger partial charge in [0.05, 0.1) is 11.7 Å². The van der Waals surface area contributed by atoms with Crippen molar-refractivity contribution in [2.24, 2.45) is 0 Å². The van der Waals surface area contributed by atoms with E-state index < -0.39 is 0 Å². The molecule has 3 aromatic heterocycles. The van der Waals surface area contributed by atoms with E-state index in [9.17, 15) is 0 Å². The Balaban J connectivity index is 1.65. The minimum Gasteiger partial charge on any atom is -0.362 e. The summed E-state index contributed by atoms with van der Waals surface area (Å²) in [5.41, 5.74) is 2.76. The van der Waals surface area contributed by atoms with Gasteiger partial charge in [-0.15, -0.1) is 14.8 Å². The molecule has 0 spiro atoms. The highest BCUT2D eigenvalue weighted by molar-refractivity contribution is 5.48. The molecule has 0 radical (unpaired) electrons. The molecule has 0 saturated heterocycles.